The topological polar surface area (TPSA) is 130 Å². The van der Waals surface area contributed by atoms with E-state index in [1.807, 2.05) is 68.4 Å². The van der Waals surface area contributed by atoms with Crippen molar-refractivity contribution in [3.8, 4) is 0 Å². The molecule has 0 spiro atoms. The second-order valence-corrected chi connectivity index (χ2v) is 12.8. The Morgan fingerprint density at radius 1 is 1.00 bits per heavy atom. The van der Waals surface area contributed by atoms with Gasteiger partial charge in [0.15, 0.2) is 0 Å². The minimum absolute atomic E-state index is 0.0184. The molecule has 0 saturated carbocycles. The van der Waals surface area contributed by atoms with E-state index >= 15 is 0 Å². The van der Waals surface area contributed by atoms with Gasteiger partial charge in [0.2, 0.25) is 21.8 Å². The Morgan fingerprint density at radius 2 is 1.63 bits per heavy atom. The van der Waals surface area contributed by atoms with Gasteiger partial charge < -0.3 is 10.2 Å². The van der Waals surface area contributed by atoms with Crippen LogP contribution in [-0.4, -0.2) is 54.9 Å². The lowest BCUT2D eigenvalue weighted by atomic mass is 10.0. The summed E-state index contributed by atoms with van der Waals surface area (Å²) in [7, 11) is -4.06. The molecule has 0 fully saturated rings. The highest BCUT2D eigenvalue weighted by molar-refractivity contribution is 9.10. The first-order chi connectivity index (χ1) is 19.3. The molecule has 41 heavy (non-hydrogen) atoms. The number of amides is 2. The van der Waals surface area contributed by atoms with Crippen molar-refractivity contribution in [3.05, 3.63) is 104 Å². The highest BCUT2D eigenvalue weighted by atomic mass is 79.9. The fourth-order valence-electron chi connectivity index (χ4n) is 4.30. The van der Waals surface area contributed by atoms with Crippen molar-refractivity contribution in [1.82, 2.24) is 10.2 Å². The first-order valence-electron chi connectivity index (χ1n) is 12.9. The van der Waals surface area contributed by atoms with E-state index in [1.54, 1.807) is 6.92 Å². The van der Waals surface area contributed by atoms with Crippen LogP contribution in [0, 0.1) is 17.0 Å². The molecule has 0 bridgehead atoms. The summed E-state index contributed by atoms with van der Waals surface area (Å²) in [5, 5.41) is 14.3. The smallest absolute Gasteiger partial charge is 0.271 e. The molecular formula is C29H33BrN4O6S. The molecular weight excluding hydrogens is 612 g/mol. The van der Waals surface area contributed by atoms with Crippen molar-refractivity contribution in [3.63, 3.8) is 0 Å². The number of hydrogen-bond donors (Lipinski definition) is 1. The van der Waals surface area contributed by atoms with Gasteiger partial charge in [0.25, 0.3) is 5.69 Å². The minimum Gasteiger partial charge on any atom is -0.352 e. The van der Waals surface area contributed by atoms with Gasteiger partial charge in [-0.05, 0) is 49.6 Å². The van der Waals surface area contributed by atoms with E-state index in [0.717, 1.165) is 32.2 Å². The third-order valence-electron chi connectivity index (χ3n) is 6.32. The van der Waals surface area contributed by atoms with Gasteiger partial charge in [0, 0.05) is 35.6 Å². The van der Waals surface area contributed by atoms with Crippen LogP contribution in [0.1, 0.15) is 30.5 Å². The largest absolute Gasteiger partial charge is 0.352 e. The van der Waals surface area contributed by atoms with E-state index in [2.05, 4.69) is 21.2 Å². The molecule has 10 nitrogen and oxygen atoms in total. The van der Waals surface area contributed by atoms with E-state index in [0.29, 0.717) is 5.56 Å². The van der Waals surface area contributed by atoms with Gasteiger partial charge in [-0.3, -0.25) is 24.0 Å². The molecule has 3 aromatic rings. The highest BCUT2D eigenvalue weighted by Crippen LogP contribution is 2.28. The van der Waals surface area contributed by atoms with Crippen LogP contribution in [0.3, 0.4) is 0 Å². The summed E-state index contributed by atoms with van der Waals surface area (Å²) < 4.78 is 27.6. The molecule has 0 aliphatic carbocycles. The number of nitrogens with one attached hydrogen (secondary N) is 1. The molecule has 218 valence electrons. The first-order valence-corrected chi connectivity index (χ1v) is 15.5. The Kier molecular flexibility index (Phi) is 10.6. The molecule has 2 amide bonds. The Balaban J connectivity index is 2.10. The molecule has 1 unspecified atom stereocenters. The maximum atomic E-state index is 14.1. The number of non-ortho nitro benzene ring substituents is 1. The average molecular weight is 646 g/mol. The van der Waals surface area contributed by atoms with Crippen LogP contribution in [0.2, 0.25) is 0 Å². The van der Waals surface area contributed by atoms with Gasteiger partial charge in [-0.1, -0.05) is 64.5 Å². The average Bonchev–Trinajstić information content (AvgIpc) is 2.90. The van der Waals surface area contributed by atoms with Gasteiger partial charge in [-0.15, -0.1) is 0 Å². The summed E-state index contributed by atoms with van der Waals surface area (Å²) in [6.07, 6.45) is 1.13. The maximum Gasteiger partial charge on any atom is 0.271 e. The van der Waals surface area contributed by atoms with Crippen molar-refractivity contribution in [2.24, 2.45) is 0 Å². The van der Waals surface area contributed by atoms with Gasteiger partial charge in [-0.25, -0.2) is 8.42 Å². The molecule has 3 rings (SSSR count). The van der Waals surface area contributed by atoms with Gasteiger partial charge in [0.05, 0.1) is 16.9 Å². The fourth-order valence-corrected chi connectivity index (χ4v) is 5.46. The SMILES string of the molecule is Cc1ccc([N+](=O)[O-])cc1N(CC(=O)N(Cc1ccc(Br)cc1)C(Cc1ccccc1)C(=O)NC(C)C)S(C)(=O)=O. The molecule has 12 heteroatoms. The third-order valence-corrected chi connectivity index (χ3v) is 7.97. The normalized spacial score (nSPS) is 12.0. The molecule has 0 saturated heterocycles. The molecule has 0 aromatic heterocycles. The molecule has 0 aliphatic heterocycles. The highest BCUT2D eigenvalue weighted by Gasteiger charge is 2.34. The second kappa shape index (κ2) is 13.7. The first kappa shape index (κ1) is 31.8. The summed E-state index contributed by atoms with van der Waals surface area (Å²) in [5.74, 6) is -1.02. The molecule has 0 heterocycles. The number of rotatable bonds is 12. The van der Waals surface area contributed by atoms with Crippen LogP contribution < -0.4 is 9.62 Å². The minimum atomic E-state index is -4.06. The molecule has 0 radical (unpaired) electrons. The number of aryl methyl sites for hydroxylation is 1. The molecule has 1 N–H and O–H groups in total. The predicted octanol–water partition coefficient (Wildman–Crippen LogP) is 4.60. The van der Waals surface area contributed by atoms with E-state index in [9.17, 15) is 28.1 Å². The standard InChI is InChI=1S/C29H33BrN4O6S/c1-20(2)31-29(36)27(16-22-8-6-5-7-9-22)32(18-23-11-13-24(30)14-12-23)28(35)19-33(41(4,39)40)26-17-25(34(37)38)15-10-21(26)3/h5-15,17,20,27H,16,18-19H2,1-4H3,(H,31,36). The summed E-state index contributed by atoms with van der Waals surface area (Å²) in [5.41, 5.74) is 1.70. The number of carbonyl (C=O) groups is 2. The quantitative estimate of drug-likeness (QED) is 0.227. The van der Waals surface area contributed by atoms with Crippen LogP contribution >= 0.6 is 15.9 Å². The van der Waals surface area contributed by atoms with E-state index in [-0.39, 0.29) is 36.3 Å². The van der Waals surface area contributed by atoms with Crippen molar-refractivity contribution in [1.29, 1.82) is 0 Å². The summed E-state index contributed by atoms with van der Waals surface area (Å²) in [6.45, 7) is 4.61. The third kappa shape index (κ3) is 8.86. The van der Waals surface area contributed by atoms with E-state index < -0.39 is 33.4 Å². The van der Waals surface area contributed by atoms with Crippen molar-refractivity contribution < 1.29 is 22.9 Å². The zero-order valence-corrected chi connectivity index (χ0v) is 25.7. The Labute approximate surface area is 248 Å². The van der Waals surface area contributed by atoms with Gasteiger partial charge in [0.1, 0.15) is 12.6 Å². The van der Waals surface area contributed by atoms with Crippen molar-refractivity contribution in [2.45, 2.75) is 45.8 Å². The number of nitro benzene ring substituents is 1. The number of benzene rings is 3. The number of sulfonamides is 1. The van der Waals surface area contributed by atoms with Crippen LogP contribution in [0.4, 0.5) is 11.4 Å². The Bertz CT molecular complexity index is 1500. The summed E-state index contributed by atoms with van der Waals surface area (Å²) in [6, 6.07) is 19.1. The Hall–Kier alpha value is -3.77. The fraction of sp³-hybridized carbons (Fsp3) is 0.310. The van der Waals surface area contributed by atoms with Crippen LogP contribution in [-0.2, 0) is 32.6 Å². The van der Waals surface area contributed by atoms with Gasteiger partial charge >= 0.3 is 0 Å². The number of anilines is 1. The molecule has 1 atom stereocenters. The lowest BCUT2D eigenvalue weighted by Gasteiger charge is -2.34. The van der Waals surface area contributed by atoms with Gasteiger partial charge in [-0.2, -0.15) is 0 Å². The lowest BCUT2D eigenvalue weighted by Crippen LogP contribution is -2.54. The van der Waals surface area contributed by atoms with Crippen LogP contribution in [0.5, 0.6) is 0 Å². The summed E-state index contributed by atoms with van der Waals surface area (Å²) >= 11 is 3.40. The summed E-state index contributed by atoms with van der Waals surface area (Å²) in [4.78, 5) is 39.8. The van der Waals surface area contributed by atoms with Crippen molar-refractivity contribution in [2.75, 3.05) is 17.1 Å². The zero-order valence-electron chi connectivity index (χ0n) is 23.3. The Morgan fingerprint density at radius 3 is 2.20 bits per heavy atom. The number of hydrogen-bond acceptors (Lipinski definition) is 6. The second-order valence-electron chi connectivity index (χ2n) is 10.0. The molecule has 3 aromatic carbocycles. The number of nitro groups is 1. The monoisotopic (exact) mass is 644 g/mol. The van der Waals surface area contributed by atoms with E-state index in [1.165, 1.54) is 17.0 Å². The lowest BCUT2D eigenvalue weighted by molar-refractivity contribution is -0.384. The number of carbonyl (C=O) groups excluding carboxylic acids is 2. The number of nitrogens with zero attached hydrogens (tertiary/aromatic N) is 3. The van der Waals surface area contributed by atoms with Crippen LogP contribution in [0.25, 0.3) is 0 Å². The van der Waals surface area contributed by atoms with Crippen molar-refractivity contribution >= 4 is 49.1 Å². The number of halogens is 1. The maximum absolute atomic E-state index is 14.1. The van der Waals surface area contributed by atoms with E-state index in [4.69, 9.17) is 0 Å². The molecule has 0 aliphatic rings. The zero-order chi connectivity index (χ0) is 30.3. The van der Waals surface area contributed by atoms with Crippen LogP contribution in [0.15, 0.2) is 77.3 Å². The predicted molar refractivity (Wildman–Crippen MR) is 162 cm³/mol.